The van der Waals surface area contributed by atoms with Crippen LogP contribution in [0, 0.1) is 12.7 Å². The lowest BCUT2D eigenvalue weighted by Gasteiger charge is -2.13. The number of amides is 2. The number of para-hydroxylation sites is 1. The molecule has 2 amide bonds. The first-order valence-corrected chi connectivity index (χ1v) is 10.3. The summed E-state index contributed by atoms with van der Waals surface area (Å²) in [5.74, 6) is -1.79. The van der Waals surface area contributed by atoms with Gasteiger partial charge in [-0.15, -0.1) is 0 Å². The number of hydrogen-bond donors (Lipinski definition) is 3. The van der Waals surface area contributed by atoms with Gasteiger partial charge in [0.15, 0.2) is 0 Å². The van der Waals surface area contributed by atoms with Crippen LogP contribution in [0.5, 0.6) is 0 Å². The van der Waals surface area contributed by atoms with Crippen LogP contribution in [0.2, 0.25) is 0 Å². The molecule has 0 aliphatic rings. The maximum Gasteiger partial charge on any atom is 0.271 e. The Morgan fingerprint density at radius 1 is 0.767 bits per heavy atom. The van der Waals surface area contributed by atoms with Crippen molar-refractivity contribution < 1.29 is 22.4 Å². The number of anilines is 1. The fourth-order valence-corrected chi connectivity index (χ4v) is 3.74. The van der Waals surface area contributed by atoms with Gasteiger partial charge in [-0.2, -0.15) is 0 Å². The number of nitrogens with one attached hydrogen (secondary N) is 3. The van der Waals surface area contributed by atoms with Crippen molar-refractivity contribution in [2.45, 2.75) is 11.8 Å². The molecule has 0 atom stereocenters. The number of aryl methyl sites for hydroxylation is 1. The maximum absolute atomic E-state index is 13.1. The lowest BCUT2D eigenvalue weighted by molar-refractivity contribution is 0.0846. The van der Waals surface area contributed by atoms with E-state index in [1.54, 1.807) is 43.3 Å². The van der Waals surface area contributed by atoms with E-state index in [0.717, 1.165) is 29.8 Å². The van der Waals surface area contributed by atoms with Gasteiger partial charge in [-0.05, 0) is 55.0 Å². The van der Waals surface area contributed by atoms with Gasteiger partial charge < -0.3 is 0 Å². The summed E-state index contributed by atoms with van der Waals surface area (Å²) < 4.78 is 40.5. The Morgan fingerprint density at radius 3 is 1.93 bits per heavy atom. The Hall–Kier alpha value is -3.72. The largest absolute Gasteiger partial charge is 0.279 e. The zero-order chi connectivity index (χ0) is 21.7. The highest BCUT2D eigenvalue weighted by atomic mass is 32.2. The van der Waals surface area contributed by atoms with E-state index >= 15 is 0 Å². The molecule has 0 aromatic heterocycles. The van der Waals surface area contributed by atoms with Crippen molar-refractivity contribution in [1.29, 1.82) is 0 Å². The molecule has 0 saturated carbocycles. The molecule has 3 aromatic carbocycles. The first kappa shape index (κ1) is 21.0. The first-order valence-electron chi connectivity index (χ1n) is 8.81. The fourth-order valence-electron chi connectivity index (χ4n) is 2.66. The van der Waals surface area contributed by atoms with Crippen LogP contribution in [0.15, 0.2) is 77.7 Å². The molecule has 0 radical (unpaired) electrons. The van der Waals surface area contributed by atoms with Gasteiger partial charge in [0.2, 0.25) is 0 Å². The average Bonchev–Trinajstić information content (AvgIpc) is 2.72. The monoisotopic (exact) mass is 427 g/mol. The normalized spacial score (nSPS) is 10.9. The van der Waals surface area contributed by atoms with Gasteiger partial charge in [-0.1, -0.05) is 30.3 Å². The molecule has 0 saturated heterocycles. The number of hydrazine groups is 1. The Balaban J connectivity index is 1.76. The van der Waals surface area contributed by atoms with E-state index in [1.165, 1.54) is 12.1 Å². The third-order valence-electron chi connectivity index (χ3n) is 4.22. The predicted molar refractivity (Wildman–Crippen MR) is 110 cm³/mol. The van der Waals surface area contributed by atoms with Gasteiger partial charge in [-0.3, -0.25) is 25.2 Å². The summed E-state index contributed by atoms with van der Waals surface area (Å²) in [5, 5.41) is 0. The Bertz CT molecular complexity index is 1190. The van der Waals surface area contributed by atoms with E-state index in [2.05, 4.69) is 15.6 Å². The molecule has 0 spiro atoms. The number of carbonyl (C=O) groups is 2. The third kappa shape index (κ3) is 4.81. The van der Waals surface area contributed by atoms with Crippen LogP contribution < -0.4 is 15.6 Å². The Kier molecular flexibility index (Phi) is 6.12. The molecule has 3 N–H and O–H groups in total. The summed E-state index contributed by atoms with van der Waals surface area (Å²) >= 11 is 0. The lowest BCUT2D eigenvalue weighted by Crippen LogP contribution is -2.42. The van der Waals surface area contributed by atoms with Crippen molar-refractivity contribution in [3.8, 4) is 0 Å². The van der Waals surface area contributed by atoms with Crippen molar-refractivity contribution in [2.24, 2.45) is 0 Å². The standard InChI is InChI=1S/C21H18FN3O4S/c1-14-6-2-3-7-17(14)20(26)23-24-21(27)18-8-4-5-9-19(18)25-30(28,29)16-12-10-15(22)11-13-16/h2-13,25H,1H3,(H,23,26)(H,24,27). The van der Waals surface area contributed by atoms with Crippen LogP contribution in [-0.4, -0.2) is 20.2 Å². The highest BCUT2D eigenvalue weighted by Crippen LogP contribution is 2.20. The fraction of sp³-hybridized carbons (Fsp3) is 0.0476. The molecule has 7 nitrogen and oxygen atoms in total. The molecule has 3 aromatic rings. The van der Waals surface area contributed by atoms with Crippen LogP contribution in [-0.2, 0) is 10.0 Å². The minimum Gasteiger partial charge on any atom is -0.279 e. The molecule has 9 heteroatoms. The van der Waals surface area contributed by atoms with E-state index in [0.29, 0.717) is 5.56 Å². The van der Waals surface area contributed by atoms with E-state index in [1.807, 2.05) is 0 Å². The molecule has 0 fully saturated rings. The van der Waals surface area contributed by atoms with Gasteiger partial charge in [-0.25, -0.2) is 12.8 Å². The molecule has 0 unspecified atom stereocenters. The number of hydrogen-bond acceptors (Lipinski definition) is 4. The van der Waals surface area contributed by atoms with E-state index in [9.17, 15) is 22.4 Å². The number of sulfonamides is 1. The molecule has 0 aliphatic carbocycles. The van der Waals surface area contributed by atoms with Crippen molar-refractivity contribution in [3.05, 3.63) is 95.3 Å². The molecule has 30 heavy (non-hydrogen) atoms. The second-order valence-electron chi connectivity index (χ2n) is 6.33. The van der Waals surface area contributed by atoms with Gasteiger partial charge in [0, 0.05) is 5.56 Å². The molecule has 3 rings (SSSR count). The second kappa shape index (κ2) is 8.75. The lowest BCUT2D eigenvalue weighted by atomic mass is 10.1. The Morgan fingerprint density at radius 2 is 1.30 bits per heavy atom. The average molecular weight is 427 g/mol. The quantitative estimate of drug-likeness (QED) is 0.545. The van der Waals surface area contributed by atoms with E-state index < -0.39 is 27.7 Å². The SMILES string of the molecule is Cc1ccccc1C(=O)NNC(=O)c1ccccc1NS(=O)(=O)c1ccc(F)cc1. The smallest absolute Gasteiger partial charge is 0.271 e. The highest BCUT2D eigenvalue weighted by Gasteiger charge is 2.19. The summed E-state index contributed by atoms with van der Waals surface area (Å²) in [5.41, 5.74) is 5.71. The van der Waals surface area contributed by atoms with E-state index in [-0.39, 0.29) is 16.1 Å². The van der Waals surface area contributed by atoms with Crippen molar-refractivity contribution in [3.63, 3.8) is 0 Å². The molecule has 154 valence electrons. The van der Waals surface area contributed by atoms with Crippen LogP contribution in [0.25, 0.3) is 0 Å². The first-order chi connectivity index (χ1) is 14.3. The number of benzene rings is 3. The topological polar surface area (TPSA) is 104 Å². The summed E-state index contributed by atoms with van der Waals surface area (Å²) in [4.78, 5) is 24.6. The molecule has 0 aliphatic heterocycles. The number of halogens is 1. The van der Waals surface area contributed by atoms with Gasteiger partial charge in [0.05, 0.1) is 16.1 Å². The minimum absolute atomic E-state index is 0.00413. The zero-order valence-corrected chi connectivity index (χ0v) is 16.7. The summed E-state index contributed by atoms with van der Waals surface area (Å²) in [6.07, 6.45) is 0. The summed E-state index contributed by atoms with van der Waals surface area (Å²) in [6, 6.07) is 17.0. The summed E-state index contributed by atoms with van der Waals surface area (Å²) in [7, 11) is -4.05. The third-order valence-corrected chi connectivity index (χ3v) is 5.60. The Labute approximate surface area is 173 Å². The zero-order valence-electron chi connectivity index (χ0n) is 15.8. The number of rotatable bonds is 5. The number of carbonyl (C=O) groups excluding carboxylic acids is 2. The molecule has 0 bridgehead atoms. The van der Waals surface area contributed by atoms with Crippen LogP contribution in [0.4, 0.5) is 10.1 Å². The molecular weight excluding hydrogens is 409 g/mol. The van der Waals surface area contributed by atoms with Gasteiger partial charge in [0.1, 0.15) is 5.82 Å². The van der Waals surface area contributed by atoms with Crippen molar-refractivity contribution >= 4 is 27.5 Å². The van der Waals surface area contributed by atoms with Crippen LogP contribution in [0.1, 0.15) is 26.3 Å². The minimum atomic E-state index is -4.05. The van der Waals surface area contributed by atoms with Crippen molar-refractivity contribution in [2.75, 3.05) is 4.72 Å². The summed E-state index contributed by atoms with van der Waals surface area (Å²) in [6.45, 7) is 1.76. The predicted octanol–water partition coefficient (Wildman–Crippen LogP) is 3.01. The van der Waals surface area contributed by atoms with Crippen molar-refractivity contribution in [1.82, 2.24) is 10.9 Å². The van der Waals surface area contributed by atoms with Gasteiger partial charge in [0.25, 0.3) is 21.8 Å². The second-order valence-corrected chi connectivity index (χ2v) is 8.01. The van der Waals surface area contributed by atoms with Gasteiger partial charge >= 0.3 is 0 Å². The molecule has 0 heterocycles. The molecular formula is C21H18FN3O4S. The van der Waals surface area contributed by atoms with E-state index in [4.69, 9.17) is 0 Å². The maximum atomic E-state index is 13.1. The van der Waals surface area contributed by atoms with Crippen LogP contribution >= 0.6 is 0 Å². The van der Waals surface area contributed by atoms with Crippen LogP contribution in [0.3, 0.4) is 0 Å². The highest BCUT2D eigenvalue weighted by molar-refractivity contribution is 7.92.